The highest BCUT2D eigenvalue weighted by atomic mass is 16.6. The van der Waals surface area contributed by atoms with E-state index in [4.69, 9.17) is 14.6 Å². The topological polar surface area (TPSA) is 247 Å². The van der Waals surface area contributed by atoms with Gasteiger partial charge >= 0.3 is 18.0 Å². The van der Waals surface area contributed by atoms with Crippen LogP contribution in [0.4, 0.5) is 16.7 Å². The average Bonchev–Trinajstić information content (AvgIpc) is 3.12. The Bertz CT molecular complexity index is 2100. The number of anilines is 2. The van der Waals surface area contributed by atoms with E-state index in [0.29, 0.717) is 47.8 Å². The number of nitrogens with one attached hydrogen (secondary N) is 4. The van der Waals surface area contributed by atoms with Gasteiger partial charge in [0.15, 0.2) is 0 Å². The Kier molecular flexibility index (Phi) is 16.7. The van der Waals surface area contributed by atoms with Crippen molar-refractivity contribution >= 4 is 48.0 Å². The summed E-state index contributed by atoms with van der Waals surface area (Å²) in [6.07, 6.45) is 6.69. The highest BCUT2D eigenvalue weighted by Crippen LogP contribution is 2.16. The summed E-state index contributed by atoms with van der Waals surface area (Å²) in [5.74, 6) is -1.21. The maximum absolute atomic E-state index is 13.0. The van der Waals surface area contributed by atoms with Crippen molar-refractivity contribution in [3.63, 3.8) is 0 Å². The van der Waals surface area contributed by atoms with Crippen LogP contribution in [0.5, 0.6) is 11.5 Å². The zero-order chi connectivity index (χ0) is 43.0. The van der Waals surface area contributed by atoms with Crippen LogP contribution in [0.15, 0.2) is 60.7 Å². The van der Waals surface area contributed by atoms with Crippen LogP contribution in [0.1, 0.15) is 75.4 Å². The van der Waals surface area contributed by atoms with Crippen LogP contribution in [-0.4, -0.2) is 97.6 Å². The number of methoxy groups -OCH3 is 1. The molecular formula is C41H50N8O9. The quantitative estimate of drug-likeness (QED) is 0.0796. The average molecular weight is 799 g/mol. The van der Waals surface area contributed by atoms with Crippen LogP contribution >= 0.6 is 0 Å². The van der Waals surface area contributed by atoms with Crippen molar-refractivity contribution in [2.75, 3.05) is 37.4 Å². The minimum absolute atomic E-state index is 0.140. The monoisotopic (exact) mass is 798 g/mol. The molecule has 0 spiro atoms. The lowest BCUT2D eigenvalue weighted by molar-refractivity contribution is -0.142. The summed E-state index contributed by atoms with van der Waals surface area (Å²) in [6, 6.07) is 12.6. The molecule has 4 rings (SSSR count). The van der Waals surface area contributed by atoms with E-state index in [1.54, 1.807) is 84.9 Å². The molecule has 7 N–H and O–H groups in total. The van der Waals surface area contributed by atoms with Crippen LogP contribution in [0.2, 0.25) is 0 Å². The summed E-state index contributed by atoms with van der Waals surface area (Å²) in [7, 11) is 1.18. The summed E-state index contributed by atoms with van der Waals surface area (Å²) >= 11 is 0. The SMILES string of the molecule is COC(=O)[C@H](CNC(=O)OC(C)(C)C)NC(=O)c1c(C)nc(NC/C=C/c2cccc(O)c2)nc1C.Cc1nc(NC/C=C/c2cccc(O)c2)nc(C)c1C(=O)O. The lowest BCUT2D eigenvalue weighted by atomic mass is 10.1. The summed E-state index contributed by atoms with van der Waals surface area (Å²) in [6.45, 7) is 12.4. The molecule has 58 heavy (non-hydrogen) atoms. The van der Waals surface area contributed by atoms with Crippen LogP contribution < -0.4 is 21.3 Å². The molecule has 17 nitrogen and oxygen atoms in total. The molecule has 0 unspecified atom stereocenters. The lowest BCUT2D eigenvalue weighted by Crippen LogP contribution is -2.50. The van der Waals surface area contributed by atoms with E-state index in [1.807, 2.05) is 36.4 Å². The van der Waals surface area contributed by atoms with E-state index in [0.717, 1.165) is 11.1 Å². The number of aryl methyl sites for hydroxylation is 4. The molecule has 2 aromatic carbocycles. The van der Waals surface area contributed by atoms with Crippen LogP contribution in [-0.2, 0) is 14.3 Å². The number of carbonyl (C=O) groups excluding carboxylic acids is 3. The van der Waals surface area contributed by atoms with Crippen molar-refractivity contribution in [2.24, 2.45) is 0 Å². The fraction of sp³-hybridized carbons (Fsp3) is 0.317. The largest absolute Gasteiger partial charge is 0.508 e. The molecule has 2 heterocycles. The molecular weight excluding hydrogens is 748 g/mol. The Labute approximate surface area is 336 Å². The van der Waals surface area contributed by atoms with Gasteiger partial charge < -0.3 is 46.1 Å². The third-order valence-corrected chi connectivity index (χ3v) is 7.74. The summed E-state index contributed by atoms with van der Waals surface area (Å²) in [5, 5.41) is 39.0. The third-order valence-electron chi connectivity index (χ3n) is 7.74. The number of ether oxygens (including phenoxy) is 2. The molecule has 1 atom stereocenters. The zero-order valence-electron chi connectivity index (χ0n) is 33.7. The van der Waals surface area contributed by atoms with E-state index in [9.17, 15) is 29.4 Å². The minimum Gasteiger partial charge on any atom is -0.508 e. The number of carboxylic acids is 1. The first-order chi connectivity index (χ1) is 27.4. The fourth-order valence-electron chi connectivity index (χ4n) is 5.24. The smallest absolute Gasteiger partial charge is 0.407 e. The number of aromatic carboxylic acids is 1. The molecule has 2 aromatic heterocycles. The van der Waals surface area contributed by atoms with Crippen LogP contribution in [0, 0.1) is 27.7 Å². The number of carboxylic acid groups (broad SMARTS) is 1. The molecule has 0 saturated heterocycles. The zero-order valence-corrected chi connectivity index (χ0v) is 33.7. The second-order valence-corrected chi connectivity index (χ2v) is 13.7. The third kappa shape index (κ3) is 14.9. The Balaban J connectivity index is 0.000000348. The normalized spacial score (nSPS) is 11.6. The standard InChI is InChI=1S/C25H33N5O6.C16H17N3O3/c1-15-20(21(32)30-19(22(33)35-6)14-27-24(34)36-25(3,4)5)16(2)29-23(28-15)26-12-8-10-17-9-7-11-18(31)13-17;1-10-14(15(21)22)11(2)19-16(18-10)17-8-4-6-12-5-3-7-13(20)9-12/h7-11,13,19,31H,12,14H2,1-6H3,(H,27,34)(H,30,32)(H,26,28,29);3-7,9,20H,8H2,1-2H3,(H,21,22)(H,17,18,19)/b10-8+;6-4+/t19-;/m0./s1. The van der Waals surface area contributed by atoms with E-state index in [2.05, 4.69) is 41.2 Å². The van der Waals surface area contributed by atoms with Crippen molar-refractivity contribution in [1.29, 1.82) is 0 Å². The summed E-state index contributed by atoms with van der Waals surface area (Å²) in [4.78, 5) is 65.1. The number of alkyl carbamates (subject to hydrolysis) is 1. The number of hydrogen-bond acceptors (Lipinski definition) is 14. The molecule has 0 bridgehead atoms. The number of aromatic nitrogens is 4. The van der Waals surface area contributed by atoms with Gasteiger partial charge in [-0.25, -0.2) is 34.3 Å². The number of phenols is 2. The predicted molar refractivity (Wildman–Crippen MR) is 219 cm³/mol. The number of amides is 2. The predicted octanol–water partition coefficient (Wildman–Crippen LogP) is 5.34. The fourth-order valence-corrected chi connectivity index (χ4v) is 5.24. The highest BCUT2D eigenvalue weighted by Gasteiger charge is 2.26. The van der Waals surface area contributed by atoms with E-state index in [-0.39, 0.29) is 29.2 Å². The van der Waals surface area contributed by atoms with E-state index >= 15 is 0 Å². The maximum Gasteiger partial charge on any atom is 0.407 e. The Morgan fingerprint density at radius 3 is 1.59 bits per heavy atom. The van der Waals surface area contributed by atoms with Gasteiger partial charge in [0.1, 0.15) is 28.7 Å². The van der Waals surface area contributed by atoms with Gasteiger partial charge in [0.05, 0.1) is 42.0 Å². The molecule has 308 valence electrons. The highest BCUT2D eigenvalue weighted by molar-refractivity contribution is 5.98. The van der Waals surface area contributed by atoms with Gasteiger partial charge in [-0.15, -0.1) is 0 Å². The number of esters is 1. The molecule has 0 radical (unpaired) electrons. The number of phenolic OH excluding ortho intramolecular Hbond substituents is 2. The van der Waals surface area contributed by atoms with Crippen molar-refractivity contribution < 1.29 is 44.0 Å². The molecule has 17 heteroatoms. The van der Waals surface area contributed by atoms with Gasteiger partial charge in [0.25, 0.3) is 5.91 Å². The maximum atomic E-state index is 13.0. The molecule has 2 amide bonds. The number of nitrogens with zero attached hydrogens (tertiary/aromatic N) is 4. The number of benzene rings is 2. The van der Waals surface area contributed by atoms with Gasteiger partial charge in [-0.05, 0) is 83.9 Å². The molecule has 4 aromatic rings. The second kappa shape index (κ2) is 21.3. The van der Waals surface area contributed by atoms with Gasteiger partial charge in [-0.2, -0.15) is 0 Å². The Hall–Kier alpha value is -7.04. The number of hydrogen-bond donors (Lipinski definition) is 7. The Morgan fingerprint density at radius 1 is 0.741 bits per heavy atom. The molecule has 0 fully saturated rings. The van der Waals surface area contributed by atoms with Gasteiger partial charge in [-0.3, -0.25) is 4.79 Å². The van der Waals surface area contributed by atoms with Crippen molar-refractivity contribution in [2.45, 2.75) is 60.1 Å². The number of aromatic hydroxyl groups is 2. The summed E-state index contributed by atoms with van der Waals surface area (Å²) < 4.78 is 9.90. The molecule has 0 saturated carbocycles. The van der Waals surface area contributed by atoms with Crippen molar-refractivity contribution in [1.82, 2.24) is 30.6 Å². The first-order valence-corrected chi connectivity index (χ1v) is 18.0. The number of rotatable bonds is 14. The van der Waals surface area contributed by atoms with Crippen LogP contribution in [0.3, 0.4) is 0 Å². The Morgan fingerprint density at radius 2 is 1.19 bits per heavy atom. The van der Waals surface area contributed by atoms with Gasteiger partial charge in [0, 0.05) is 13.1 Å². The van der Waals surface area contributed by atoms with Crippen molar-refractivity contribution in [3.8, 4) is 11.5 Å². The van der Waals surface area contributed by atoms with Crippen molar-refractivity contribution in [3.05, 3.63) is 106 Å². The summed E-state index contributed by atoms with van der Waals surface area (Å²) in [5.41, 5.74) is 3.04. The van der Waals surface area contributed by atoms with Gasteiger partial charge in [-0.1, -0.05) is 48.6 Å². The minimum atomic E-state index is -1.14. The first-order valence-electron chi connectivity index (χ1n) is 18.0. The molecule has 0 aliphatic heterocycles. The molecule has 0 aliphatic rings. The van der Waals surface area contributed by atoms with Gasteiger partial charge in [0.2, 0.25) is 11.9 Å². The first kappa shape index (κ1) is 45.4. The molecule has 0 aliphatic carbocycles. The second-order valence-electron chi connectivity index (χ2n) is 13.7. The van der Waals surface area contributed by atoms with Crippen LogP contribution in [0.25, 0.3) is 12.2 Å². The lowest BCUT2D eigenvalue weighted by Gasteiger charge is -2.22. The number of carbonyl (C=O) groups is 4. The van der Waals surface area contributed by atoms with E-state index < -0.39 is 35.6 Å². The van der Waals surface area contributed by atoms with E-state index in [1.165, 1.54) is 7.11 Å².